The summed E-state index contributed by atoms with van der Waals surface area (Å²) < 4.78 is 11.0. The van der Waals surface area contributed by atoms with Gasteiger partial charge in [-0.05, 0) is 25.2 Å². The lowest BCUT2D eigenvalue weighted by Gasteiger charge is -2.33. The van der Waals surface area contributed by atoms with E-state index in [1.54, 1.807) is 13.0 Å². The summed E-state index contributed by atoms with van der Waals surface area (Å²) in [5.41, 5.74) is 6.11. The molecule has 21 heavy (non-hydrogen) atoms. The van der Waals surface area contributed by atoms with Crippen molar-refractivity contribution in [1.82, 2.24) is 10.9 Å². The van der Waals surface area contributed by atoms with E-state index in [1.165, 1.54) is 0 Å². The van der Waals surface area contributed by atoms with Crippen molar-refractivity contribution in [3.8, 4) is 0 Å². The van der Waals surface area contributed by atoms with Gasteiger partial charge in [-0.25, -0.2) is 0 Å². The second-order valence-electron chi connectivity index (χ2n) is 6.69. The molecule has 0 unspecified atom stereocenters. The minimum atomic E-state index is -0.861. The number of nitrogens with one attached hydrogen (secondary N) is 2. The third-order valence-electron chi connectivity index (χ3n) is 3.60. The summed E-state index contributed by atoms with van der Waals surface area (Å²) in [6, 6.07) is 0. The first kappa shape index (κ1) is 16.0. The average Bonchev–Trinajstić information content (AvgIpc) is 2.34. The van der Waals surface area contributed by atoms with Crippen molar-refractivity contribution in [2.75, 3.05) is 13.2 Å². The van der Waals surface area contributed by atoms with Crippen molar-refractivity contribution in [3.05, 3.63) is 11.8 Å². The minimum absolute atomic E-state index is 0.0777. The maximum absolute atomic E-state index is 12.0. The van der Waals surface area contributed by atoms with E-state index in [4.69, 9.17) is 9.47 Å². The van der Waals surface area contributed by atoms with Crippen molar-refractivity contribution in [1.29, 1.82) is 0 Å². The molecule has 1 fully saturated rings. The van der Waals surface area contributed by atoms with Crippen LogP contribution in [-0.4, -0.2) is 30.7 Å². The monoisotopic (exact) mass is 296 g/mol. The van der Waals surface area contributed by atoms with Gasteiger partial charge in [0.2, 0.25) is 5.91 Å². The fraction of sp³-hybridized carbons (Fsp3) is 0.733. The molecular weight excluding hydrogens is 272 g/mol. The Morgan fingerprint density at radius 2 is 1.90 bits per heavy atom. The molecule has 6 nitrogen and oxygen atoms in total. The molecule has 1 aliphatic carbocycles. The molecule has 0 aromatic carbocycles. The van der Waals surface area contributed by atoms with Crippen LogP contribution < -0.4 is 10.9 Å². The van der Waals surface area contributed by atoms with E-state index in [-0.39, 0.29) is 23.5 Å². The van der Waals surface area contributed by atoms with Crippen molar-refractivity contribution < 1.29 is 19.1 Å². The number of amides is 1. The second kappa shape index (κ2) is 6.15. The molecule has 0 aromatic heterocycles. The van der Waals surface area contributed by atoms with E-state index < -0.39 is 5.79 Å². The van der Waals surface area contributed by atoms with Crippen LogP contribution in [0.25, 0.3) is 0 Å². The third-order valence-corrected chi connectivity index (χ3v) is 3.60. The molecule has 2 rings (SSSR count). The molecular formula is C15H24N2O4. The Kier molecular flexibility index (Phi) is 4.68. The molecule has 0 spiro atoms. The maximum Gasteiger partial charge on any atom is 0.243 e. The van der Waals surface area contributed by atoms with Gasteiger partial charge < -0.3 is 14.9 Å². The van der Waals surface area contributed by atoms with Crippen LogP contribution in [0, 0.1) is 5.41 Å². The Balaban J connectivity index is 1.82. The predicted octanol–water partition coefficient (Wildman–Crippen LogP) is 1.42. The number of allylic oxidation sites excluding steroid dienone is 2. The van der Waals surface area contributed by atoms with Gasteiger partial charge in [0.15, 0.2) is 11.6 Å². The van der Waals surface area contributed by atoms with Crippen LogP contribution >= 0.6 is 0 Å². The molecule has 0 radical (unpaired) electrons. The molecule has 1 heterocycles. The highest BCUT2D eigenvalue weighted by Gasteiger charge is 2.32. The zero-order valence-electron chi connectivity index (χ0n) is 13.0. The number of rotatable bonds is 4. The lowest BCUT2D eigenvalue weighted by molar-refractivity contribution is -0.256. The molecule has 0 atom stereocenters. The number of carbonyl (C=O) groups is 2. The summed E-state index contributed by atoms with van der Waals surface area (Å²) in [4.78, 5) is 23.6. The lowest BCUT2D eigenvalue weighted by atomic mass is 9.79. The summed E-state index contributed by atoms with van der Waals surface area (Å²) in [7, 11) is 0. The predicted molar refractivity (Wildman–Crippen MR) is 76.9 cm³/mol. The lowest BCUT2D eigenvalue weighted by Crippen LogP contribution is -2.46. The Morgan fingerprint density at radius 1 is 1.24 bits per heavy atom. The van der Waals surface area contributed by atoms with Gasteiger partial charge in [0, 0.05) is 18.2 Å². The van der Waals surface area contributed by atoms with Gasteiger partial charge in [0.1, 0.15) is 0 Å². The van der Waals surface area contributed by atoms with E-state index in [9.17, 15) is 9.59 Å². The second-order valence-corrected chi connectivity index (χ2v) is 6.69. The van der Waals surface area contributed by atoms with Crippen LogP contribution in [-0.2, 0) is 19.1 Å². The SMILES string of the molecule is CC1(C)CC(=O)C=C(NNC(=O)CC2(C)OCCCO2)C1. The molecule has 1 aliphatic heterocycles. The Hall–Kier alpha value is -1.40. The van der Waals surface area contributed by atoms with Crippen molar-refractivity contribution in [2.45, 2.75) is 52.2 Å². The highest BCUT2D eigenvalue weighted by atomic mass is 16.7. The molecule has 0 aromatic rings. The van der Waals surface area contributed by atoms with Gasteiger partial charge in [-0.1, -0.05) is 13.8 Å². The first-order chi connectivity index (χ1) is 9.78. The highest BCUT2D eigenvalue weighted by molar-refractivity contribution is 5.91. The van der Waals surface area contributed by atoms with Gasteiger partial charge in [0.25, 0.3) is 0 Å². The number of carbonyl (C=O) groups excluding carboxylic acids is 2. The van der Waals surface area contributed by atoms with E-state index in [0.29, 0.717) is 19.6 Å². The van der Waals surface area contributed by atoms with Crippen LogP contribution in [0.4, 0.5) is 0 Å². The topological polar surface area (TPSA) is 76.7 Å². The Bertz CT molecular complexity index is 451. The number of hydrazine groups is 1. The van der Waals surface area contributed by atoms with Crippen LogP contribution in [0.3, 0.4) is 0 Å². The van der Waals surface area contributed by atoms with Crippen LogP contribution in [0.5, 0.6) is 0 Å². The van der Waals surface area contributed by atoms with E-state index in [2.05, 4.69) is 10.9 Å². The Morgan fingerprint density at radius 3 is 2.52 bits per heavy atom. The van der Waals surface area contributed by atoms with Crippen molar-refractivity contribution >= 4 is 11.7 Å². The van der Waals surface area contributed by atoms with Gasteiger partial charge in [0.05, 0.1) is 19.6 Å². The smallest absolute Gasteiger partial charge is 0.243 e. The molecule has 118 valence electrons. The van der Waals surface area contributed by atoms with Gasteiger partial charge in [-0.3, -0.25) is 15.0 Å². The molecule has 6 heteroatoms. The quantitative estimate of drug-likeness (QED) is 0.767. The number of hydrogen-bond acceptors (Lipinski definition) is 5. The summed E-state index contributed by atoms with van der Waals surface area (Å²) in [5.74, 6) is -1.01. The minimum Gasteiger partial charge on any atom is -0.350 e. The zero-order valence-corrected chi connectivity index (χ0v) is 13.0. The average molecular weight is 296 g/mol. The summed E-state index contributed by atoms with van der Waals surface area (Å²) >= 11 is 0. The van der Waals surface area contributed by atoms with Crippen molar-refractivity contribution in [3.63, 3.8) is 0 Å². The summed E-state index contributed by atoms with van der Waals surface area (Å²) in [5, 5.41) is 0. The first-order valence-electron chi connectivity index (χ1n) is 7.34. The molecule has 2 N–H and O–H groups in total. The summed E-state index contributed by atoms with van der Waals surface area (Å²) in [6.45, 7) is 7.03. The fourth-order valence-corrected chi connectivity index (χ4v) is 2.69. The molecule has 1 amide bonds. The maximum atomic E-state index is 12.0. The van der Waals surface area contributed by atoms with Crippen LogP contribution in [0.15, 0.2) is 11.8 Å². The molecule has 0 bridgehead atoms. The third kappa shape index (κ3) is 4.82. The van der Waals surface area contributed by atoms with Crippen molar-refractivity contribution in [2.24, 2.45) is 5.41 Å². The highest BCUT2D eigenvalue weighted by Crippen LogP contribution is 2.32. The normalized spacial score (nSPS) is 24.1. The number of ketones is 1. The number of hydrogen-bond donors (Lipinski definition) is 2. The molecule has 1 saturated heterocycles. The van der Waals surface area contributed by atoms with E-state index >= 15 is 0 Å². The summed E-state index contributed by atoms with van der Waals surface area (Å²) in [6.07, 6.45) is 3.78. The van der Waals surface area contributed by atoms with Gasteiger partial charge in [-0.2, -0.15) is 0 Å². The molecule has 0 saturated carbocycles. The van der Waals surface area contributed by atoms with Gasteiger partial charge >= 0.3 is 0 Å². The van der Waals surface area contributed by atoms with Gasteiger partial charge in [-0.15, -0.1) is 0 Å². The largest absolute Gasteiger partial charge is 0.350 e. The van der Waals surface area contributed by atoms with Crippen LogP contribution in [0.2, 0.25) is 0 Å². The standard InChI is InChI=1S/C15H24N2O4/c1-14(2)8-11(7-12(18)9-14)16-17-13(19)10-15(3)20-5-4-6-21-15/h7,16H,4-6,8-10H2,1-3H3,(H,17,19). The molecule has 2 aliphatic rings. The first-order valence-corrected chi connectivity index (χ1v) is 7.34. The van der Waals surface area contributed by atoms with E-state index in [0.717, 1.165) is 18.5 Å². The Labute approximate surface area is 125 Å². The number of ether oxygens (including phenoxy) is 2. The zero-order chi connectivity index (χ0) is 15.5. The van der Waals surface area contributed by atoms with E-state index in [1.807, 2.05) is 13.8 Å². The van der Waals surface area contributed by atoms with Crippen LogP contribution in [0.1, 0.15) is 46.5 Å². The fourth-order valence-electron chi connectivity index (χ4n) is 2.69.